The Hall–Kier alpha value is -2.29. The van der Waals surface area contributed by atoms with Crippen molar-refractivity contribution in [3.8, 4) is 11.5 Å². The zero-order valence-electron chi connectivity index (χ0n) is 10.1. The summed E-state index contributed by atoms with van der Waals surface area (Å²) in [6.45, 7) is 0. The molecular formula is C15H14O3. The zero-order chi connectivity index (χ0) is 12.8. The molecule has 0 saturated heterocycles. The Morgan fingerprint density at radius 2 is 1.61 bits per heavy atom. The first-order valence-electron chi connectivity index (χ1n) is 5.66. The average Bonchev–Trinajstić information content (AvgIpc) is 2.40. The summed E-state index contributed by atoms with van der Waals surface area (Å²) in [7, 11) is 1.61. The van der Waals surface area contributed by atoms with Crippen LogP contribution >= 0.6 is 0 Å². The highest BCUT2D eigenvalue weighted by Gasteiger charge is 2.06. The van der Waals surface area contributed by atoms with Gasteiger partial charge >= 0.3 is 5.97 Å². The van der Waals surface area contributed by atoms with Crippen LogP contribution in [0.3, 0.4) is 0 Å². The first-order chi connectivity index (χ1) is 8.78. The van der Waals surface area contributed by atoms with Crippen molar-refractivity contribution in [2.24, 2.45) is 0 Å². The van der Waals surface area contributed by atoms with Crippen LogP contribution in [0.1, 0.15) is 5.56 Å². The van der Waals surface area contributed by atoms with Crippen LogP contribution < -0.4 is 9.47 Å². The molecule has 0 amide bonds. The summed E-state index contributed by atoms with van der Waals surface area (Å²) in [6.07, 6.45) is 0.249. The van der Waals surface area contributed by atoms with Gasteiger partial charge in [-0.1, -0.05) is 30.3 Å². The van der Waals surface area contributed by atoms with Gasteiger partial charge in [-0.25, -0.2) is 0 Å². The lowest BCUT2D eigenvalue weighted by Gasteiger charge is -2.05. The van der Waals surface area contributed by atoms with E-state index in [1.54, 1.807) is 19.2 Å². The van der Waals surface area contributed by atoms with E-state index in [2.05, 4.69) is 0 Å². The van der Waals surface area contributed by atoms with Crippen LogP contribution in [0.15, 0.2) is 54.6 Å². The van der Waals surface area contributed by atoms with Gasteiger partial charge in [0.25, 0.3) is 0 Å². The summed E-state index contributed by atoms with van der Waals surface area (Å²) in [5.74, 6) is 1.07. The van der Waals surface area contributed by atoms with Crippen molar-refractivity contribution < 1.29 is 14.3 Å². The Morgan fingerprint density at radius 1 is 0.944 bits per heavy atom. The number of benzene rings is 2. The molecule has 0 atom stereocenters. The molecule has 0 radical (unpaired) electrons. The van der Waals surface area contributed by atoms with Crippen LogP contribution in [0.5, 0.6) is 11.5 Å². The third-order valence-corrected chi connectivity index (χ3v) is 2.48. The molecule has 3 heteroatoms. The number of carbonyl (C=O) groups is 1. The molecule has 0 aromatic heterocycles. The van der Waals surface area contributed by atoms with E-state index in [1.165, 1.54) is 0 Å². The van der Waals surface area contributed by atoms with Gasteiger partial charge in [0.1, 0.15) is 11.5 Å². The standard InChI is InChI=1S/C15H14O3/c1-17-13-9-7-12(8-10-13)11-15(16)18-14-5-3-2-4-6-14/h2-10H,11H2,1H3. The van der Waals surface area contributed by atoms with Crippen LogP contribution in [0.2, 0.25) is 0 Å². The predicted molar refractivity (Wildman–Crippen MR) is 68.8 cm³/mol. The van der Waals surface area contributed by atoms with Crippen LogP contribution in [0.25, 0.3) is 0 Å². The van der Waals surface area contributed by atoms with Crippen molar-refractivity contribution in [2.75, 3.05) is 7.11 Å². The first-order valence-corrected chi connectivity index (χ1v) is 5.66. The van der Waals surface area contributed by atoms with Crippen LogP contribution in [0.4, 0.5) is 0 Å². The maximum atomic E-state index is 11.7. The number of methoxy groups -OCH3 is 1. The van der Waals surface area contributed by atoms with Crippen molar-refractivity contribution in [2.45, 2.75) is 6.42 Å². The molecule has 0 aliphatic rings. The molecule has 0 N–H and O–H groups in total. The minimum atomic E-state index is -0.272. The molecule has 0 aliphatic heterocycles. The van der Waals surface area contributed by atoms with E-state index in [1.807, 2.05) is 42.5 Å². The molecule has 0 spiro atoms. The van der Waals surface area contributed by atoms with E-state index in [-0.39, 0.29) is 12.4 Å². The summed E-state index contributed by atoms with van der Waals surface area (Å²) in [5.41, 5.74) is 0.900. The van der Waals surface area contributed by atoms with Gasteiger partial charge in [0, 0.05) is 0 Å². The lowest BCUT2D eigenvalue weighted by Crippen LogP contribution is -2.11. The second kappa shape index (κ2) is 5.87. The van der Waals surface area contributed by atoms with Gasteiger partial charge in [-0.3, -0.25) is 4.79 Å². The van der Waals surface area contributed by atoms with E-state index in [0.717, 1.165) is 11.3 Å². The summed E-state index contributed by atoms with van der Waals surface area (Å²) in [5, 5.41) is 0. The largest absolute Gasteiger partial charge is 0.497 e. The van der Waals surface area contributed by atoms with Gasteiger partial charge in [-0.05, 0) is 29.8 Å². The number of ether oxygens (including phenoxy) is 2. The predicted octanol–water partition coefficient (Wildman–Crippen LogP) is 2.84. The van der Waals surface area contributed by atoms with Crippen molar-refractivity contribution in [3.05, 3.63) is 60.2 Å². The summed E-state index contributed by atoms with van der Waals surface area (Å²) < 4.78 is 10.3. The smallest absolute Gasteiger partial charge is 0.315 e. The fourth-order valence-electron chi connectivity index (χ4n) is 1.57. The first kappa shape index (κ1) is 12.2. The number of para-hydroxylation sites is 1. The summed E-state index contributed by atoms with van der Waals surface area (Å²) in [4.78, 5) is 11.7. The highest BCUT2D eigenvalue weighted by atomic mass is 16.5. The van der Waals surface area contributed by atoms with Crippen LogP contribution in [0, 0.1) is 0 Å². The van der Waals surface area contributed by atoms with Crippen molar-refractivity contribution in [3.63, 3.8) is 0 Å². The lowest BCUT2D eigenvalue weighted by atomic mass is 10.1. The summed E-state index contributed by atoms with van der Waals surface area (Å²) in [6, 6.07) is 16.4. The van der Waals surface area contributed by atoms with Crippen LogP contribution in [-0.4, -0.2) is 13.1 Å². The van der Waals surface area contributed by atoms with E-state index >= 15 is 0 Å². The maximum absolute atomic E-state index is 11.7. The number of hydrogen-bond acceptors (Lipinski definition) is 3. The summed E-state index contributed by atoms with van der Waals surface area (Å²) >= 11 is 0. The Bertz CT molecular complexity index is 503. The number of carbonyl (C=O) groups excluding carboxylic acids is 1. The molecule has 3 nitrogen and oxygen atoms in total. The molecule has 0 fully saturated rings. The molecule has 0 heterocycles. The Labute approximate surface area is 106 Å². The lowest BCUT2D eigenvalue weighted by molar-refractivity contribution is -0.133. The molecule has 0 unspecified atom stereocenters. The molecule has 2 rings (SSSR count). The van der Waals surface area contributed by atoms with E-state index in [4.69, 9.17) is 9.47 Å². The Morgan fingerprint density at radius 3 is 2.22 bits per heavy atom. The molecule has 0 saturated carbocycles. The van der Waals surface area contributed by atoms with Crippen molar-refractivity contribution in [1.82, 2.24) is 0 Å². The topological polar surface area (TPSA) is 35.5 Å². The quantitative estimate of drug-likeness (QED) is 0.611. The van der Waals surface area contributed by atoms with E-state index < -0.39 is 0 Å². The van der Waals surface area contributed by atoms with Gasteiger partial charge in [0.2, 0.25) is 0 Å². The SMILES string of the molecule is COc1ccc(CC(=O)Oc2ccccc2)cc1. The van der Waals surface area contributed by atoms with Gasteiger partial charge in [-0.15, -0.1) is 0 Å². The normalized spacial score (nSPS) is 9.83. The third kappa shape index (κ3) is 3.35. The average molecular weight is 242 g/mol. The molecule has 92 valence electrons. The minimum absolute atomic E-state index is 0.249. The Kier molecular flexibility index (Phi) is 3.97. The molecule has 18 heavy (non-hydrogen) atoms. The number of hydrogen-bond donors (Lipinski definition) is 0. The van der Waals surface area contributed by atoms with Crippen molar-refractivity contribution >= 4 is 5.97 Å². The minimum Gasteiger partial charge on any atom is -0.497 e. The third-order valence-electron chi connectivity index (χ3n) is 2.48. The van der Waals surface area contributed by atoms with E-state index in [0.29, 0.717) is 5.75 Å². The number of esters is 1. The molecule has 0 aliphatic carbocycles. The molecule has 2 aromatic carbocycles. The molecular weight excluding hydrogens is 228 g/mol. The second-order valence-electron chi connectivity index (χ2n) is 3.81. The fourth-order valence-corrected chi connectivity index (χ4v) is 1.57. The van der Waals surface area contributed by atoms with Crippen molar-refractivity contribution in [1.29, 1.82) is 0 Å². The monoisotopic (exact) mass is 242 g/mol. The van der Waals surface area contributed by atoms with Crippen LogP contribution in [-0.2, 0) is 11.2 Å². The van der Waals surface area contributed by atoms with E-state index in [9.17, 15) is 4.79 Å². The van der Waals surface area contributed by atoms with Gasteiger partial charge < -0.3 is 9.47 Å². The highest BCUT2D eigenvalue weighted by Crippen LogP contribution is 2.13. The zero-order valence-corrected chi connectivity index (χ0v) is 10.1. The number of rotatable bonds is 4. The maximum Gasteiger partial charge on any atom is 0.315 e. The second-order valence-corrected chi connectivity index (χ2v) is 3.81. The van der Waals surface area contributed by atoms with Gasteiger partial charge in [0.15, 0.2) is 0 Å². The van der Waals surface area contributed by atoms with Gasteiger partial charge in [0.05, 0.1) is 13.5 Å². The van der Waals surface area contributed by atoms with Gasteiger partial charge in [-0.2, -0.15) is 0 Å². The highest BCUT2D eigenvalue weighted by molar-refractivity contribution is 5.75. The fraction of sp³-hybridized carbons (Fsp3) is 0.133. The Balaban J connectivity index is 1.94. The molecule has 2 aromatic rings. The molecule has 0 bridgehead atoms.